The number of anilines is 1. The lowest BCUT2D eigenvalue weighted by Gasteiger charge is -2.04. The molecule has 0 bridgehead atoms. The standard InChI is InChI=1S/C15H17N5O/c1-2-19-9-7-14(18-19)17-15(21)8-10-20-13-6-4-3-5-12(13)11-16-20/h3-7,9,11H,2,8,10H2,1H3,(H,17,18,21). The van der Waals surface area contributed by atoms with Crippen molar-refractivity contribution in [3.05, 3.63) is 42.7 Å². The van der Waals surface area contributed by atoms with Crippen LogP contribution in [0.2, 0.25) is 0 Å². The molecule has 0 fully saturated rings. The maximum atomic E-state index is 11.9. The number of aryl methyl sites for hydroxylation is 2. The second-order valence-electron chi connectivity index (χ2n) is 4.78. The van der Waals surface area contributed by atoms with E-state index in [9.17, 15) is 4.79 Å². The lowest BCUT2D eigenvalue weighted by Crippen LogP contribution is -2.15. The monoisotopic (exact) mass is 283 g/mol. The van der Waals surface area contributed by atoms with Crippen LogP contribution in [0.15, 0.2) is 42.7 Å². The summed E-state index contributed by atoms with van der Waals surface area (Å²) in [5, 5.41) is 12.4. The van der Waals surface area contributed by atoms with Crippen LogP contribution >= 0.6 is 0 Å². The summed E-state index contributed by atoms with van der Waals surface area (Å²) in [5.74, 6) is 0.531. The van der Waals surface area contributed by atoms with Crippen molar-refractivity contribution in [2.75, 3.05) is 5.32 Å². The largest absolute Gasteiger partial charge is 0.309 e. The highest BCUT2D eigenvalue weighted by Gasteiger charge is 2.07. The molecule has 0 radical (unpaired) electrons. The first-order valence-electron chi connectivity index (χ1n) is 7.00. The Bertz CT molecular complexity index is 758. The first-order valence-corrected chi connectivity index (χ1v) is 7.00. The van der Waals surface area contributed by atoms with Crippen molar-refractivity contribution in [2.45, 2.75) is 26.4 Å². The van der Waals surface area contributed by atoms with E-state index >= 15 is 0 Å². The van der Waals surface area contributed by atoms with E-state index in [0.29, 0.717) is 18.8 Å². The number of para-hydroxylation sites is 1. The Balaban J connectivity index is 1.60. The summed E-state index contributed by atoms with van der Waals surface area (Å²) in [6.07, 6.45) is 4.03. The Kier molecular flexibility index (Phi) is 3.68. The summed E-state index contributed by atoms with van der Waals surface area (Å²) in [7, 11) is 0. The zero-order valence-corrected chi connectivity index (χ0v) is 11.9. The van der Waals surface area contributed by atoms with Gasteiger partial charge in [0, 0.05) is 30.6 Å². The van der Waals surface area contributed by atoms with Gasteiger partial charge in [0.25, 0.3) is 0 Å². The van der Waals surface area contributed by atoms with E-state index in [0.717, 1.165) is 17.4 Å². The third kappa shape index (κ3) is 2.94. The van der Waals surface area contributed by atoms with Gasteiger partial charge in [-0.25, -0.2) is 0 Å². The maximum Gasteiger partial charge on any atom is 0.227 e. The lowest BCUT2D eigenvalue weighted by molar-refractivity contribution is -0.116. The minimum absolute atomic E-state index is 0.0593. The van der Waals surface area contributed by atoms with Crippen LogP contribution < -0.4 is 5.32 Å². The summed E-state index contributed by atoms with van der Waals surface area (Å²) >= 11 is 0. The van der Waals surface area contributed by atoms with Crippen LogP contribution in [0.4, 0.5) is 5.82 Å². The fourth-order valence-electron chi connectivity index (χ4n) is 2.22. The minimum atomic E-state index is -0.0593. The Labute approximate surface area is 122 Å². The van der Waals surface area contributed by atoms with Gasteiger partial charge in [-0.1, -0.05) is 18.2 Å². The molecule has 0 aliphatic rings. The molecule has 0 saturated carbocycles. The molecule has 1 aromatic carbocycles. The van der Waals surface area contributed by atoms with Gasteiger partial charge in [-0.3, -0.25) is 14.2 Å². The predicted molar refractivity (Wildman–Crippen MR) is 80.9 cm³/mol. The van der Waals surface area contributed by atoms with Crippen LogP contribution in [0.5, 0.6) is 0 Å². The third-order valence-corrected chi connectivity index (χ3v) is 3.33. The molecular formula is C15H17N5O. The molecule has 0 aliphatic carbocycles. The molecule has 1 N–H and O–H groups in total. The van der Waals surface area contributed by atoms with Crippen LogP contribution in [0, 0.1) is 0 Å². The fourth-order valence-corrected chi connectivity index (χ4v) is 2.22. The average Bonchev–Trinajstić information content (AvgIpc) is 3.11. The van der Waals surface area contributed by atoms with Gasteiger partial charge in [-0.05, 0) is 13.0 Å². The van der Waals surface area contributed by atoms with Gasteiger partial charge in [0.05, 0.1) is 18.3 Å². The van der Waals surface area contributed by atoms with Crippen molar-refractivity contribution in [1.29, 1.82) is 0 Å². The second kappa shape index (κ2) is 5.78. The number of hydrogen-bond acceptors (Lipinski definition) is 3. The number of carbonyl (C=O) groups excluding carboxylic acids is 1. The van der Waals surface area contributed by atoms with Crippen LogP contribution in [-0.4, -0.2) is 25.5 Å². The number of benzene rings is 1. The Morgan fingerprint density at radius 2 is 2.14 bits per heavy atom. The van der Waals surface area contributed by atoms with Gasteiger partial charge < -0.3 is 5.32 Å². The van der Waals surface area contributed by atoms with Gasteiger partial charge in [0.2, 0.25) is 5.91 Å². The number of fused-ring (bicyclic) bond motifs is 1. The molecule has 21 heavy (non-hydrogen) atoms. The molecule has 3 rings (SSSR count). The highest BCUT2D eigenvalue weighted by atomic mass is 16.1. The fraction of sp³-hybridized carbons (Fsp3) is 0.267. The van der Waals surface area contributed by atoms with Gasteiger partial charge in [-0.2, -0.15) is 10.2 Å². The Morgan fingerprint density at radius 3 is 2.95 bits per heavy atom. The quantitative estimate of drug-likeness (QED) is 0.781. The highest BCUT2D eigenvalue weighted by molar-refractivity contribution is 5.89. The van der Waals surface area contributed by atoms with Crippen molar-refractivity contribution < 1.29 is 4.79 Å². The van der Waals surface area contributed by atoms with E-state index in [1.165, 1.54) is 0 Å². The maximum absolute atomic E-state index is 11.9. The summed E-state index contributed by atoms with van der Waals surface area (Å²) < 4.78 is 3.62. The Hall–Kier alpha value is -2.63. The van der Waals surface area contributed by atoms with Crippen molar-refractivity contribution in [3.8, 4) is 0 Å². The lowest BCUT2D eigenvalue weighted by atomic mass is 10.2. The number of nitrogens with zero attached hydrogens (tertiary/aromatic N) is 4. The van der Waals surface area contributed by atoms with E-state index < -0.39 is 0 Å². The van der Waals surface area contributed by atoms with E-state index in [1.54, 1.807) is 10.7 Å². The summed E-state index contributed by atoms with van der Waals surface area (Å²) in [6, 6.07) is 9.76. The van der Waals surface area contributed by atoms with Crippen LogP contribution in [-0.2, 0) is 17.9 Å². The molecule has 0 atom stereocenters. The summed E-state index contributed by atoms with van der Waals surface area (Å²) in [4.78, 5) is 11.9. The molecule has 3 aromatic rings. The summed E-state index contributed by atoms with van der Waals surface area (Å²) in [6.45, 7) is 3.34. The number of nitrogens with one attached hydrogen (secondary N) is 1. The molecule has 6 nitrogen and oxygen atoms in total. The molecule has 2 heterocycles. The van der Waals surface area contributed by atoms with Crippen molar-refractivity contribution in [2.24, 2.45) is 0 Å². The molecule has 0 aliphatic heterocycles. The van der Waals surface area contributed by atoms with Gasteiger partial charge in [0.1, 0.15) is 0 Å². The first-order chi connectivity index (χ1) is 10.3. The predicted octanol–water partition coefficient (Wildman–Crippen LogP) is 2.28. The third-order valence-electron chi connectivity index (χ3n) is 3.33. The SMILES string of the molecule is CCn1ccc(NC(=O)CCn2ncc3ccccc32)n1. The van der Waals surface area contributed by atoms with Crippen molar-refractivity contribution >= 4 is 22.6 Å². The van der Waals surface area contributed by atoms with E-state index in [2.05, 4.69) is 15.5 Å². The van der Waals surface area contributed by atoms with E-state index in [4.69, 9.17) is 0 Å². The minimum Gasteiger partial charge on any atom is -0.309 e. The van der Waals surface area contributed by atoms with Gasteiger partial charge >= 0.3 is 0 Å². The van der Waals surface area contributed by atoms with Crippen LogP contribution in [0.25, 0.3) is 10.9 Å². The average molecular weight is 283 g/mol. The smallest absolute Gasteiger partial charge is 0.227 e. The van der Waals surface area contributed by atoms with Crippen LogP contribution in [0.1, 0.15) is 13.3 Å². The number of carbonyl (C=O) groups is 1. The molecule has 108 valence electrons. The number of rotatable bonds is 5. The Morgan fingerprint density at radius 1 is 1.29 bits per heavy atom. The number of hydrogen-bond donors (Lipinski definition) is 1. The number of aromatic nitrogens is 4. The molecular weight excluding hydrogens is 266 g/mol. The zero-order valence-electron chi connectivity index (χ0n) is 11.9. The first kappa shape index (κ1) is 13.4. The van der Waals surface area contributed by atoms with Crippen molar-refractivity contribution in [3.63, 3.8) is 0 Å². The zero-order chi connectivity index (χ0) is 14.7. The molecule has 0 saturated heterocycles. The van der Waals surface area contributed by atoms with Crippen LogP contribution in [0.3, 0.4) is 0 Å². The molecule has 6 heteroatoms. The molecule has 1 amide bonds. The second-order valence-corrected chi connectivity index (χ2v) is 4.78. The highest BCUT2D eigenvalue weighted by Crippen LogP contribution is 2.13. The summed E-state index contributed by atoms with van der Waals surface area (Å²) in [5.41, 5.74) is 1.04. The molecule has 2 aromatic heterocycles. The normalized spacial score (nSPS) is 10.9. The van der Waals surface area contributed by atoms with Crippen molar-refractivity contribution in [1.82, 2.24) is 19.6 Å². The van der Waals surface area contributed by atoms with Gasteiger partial charge in [-0.15, -0.1) is 0 Å². The van der Waals surface area contributed by atoms with E-state index in [-0.39, 0.29) is 5.91 Å². The number of amides is 1. The van der Waals surface area contributed by atoms with E-state index in [1.807, 2.05) is 48.3 Å². The topological polar surface area (TPSA) is 64.7 Å². The van der Waals surface area contributed by atoms with Gasteiger partial charge in [0.15, 0.2) is 5.82 Å². The molecule has 0 spiro atoms. The molecule has 0 unspecified atom stereocenters.